The molecule has 0 saturated heterocycles. The van der Waals surface area contributed by atoms with Crippen molar-refractivity contribution in [2.75, 3.05) is 39.5 Å². The minimum atomic E-state index is -3.90. The van der Waals surface area contributed by atoms with Crippen molar-refractivity contribution in [2.45, 2.75) is 39.2 Å². The second-order valence-electron chi connectivity index (χ2n) is 6.96. The zero-order chi connectivity index (χ0) is 19.9. The van der Waals surface area contributed by atoms with E-state index in [1.54, 1.807) is 19.0 Å². The number of carbonyl (C=O) groups excluding carboxylic acids is 1. The van der Waals surface area contributed by atoms with Crippen LogP contribution in [0.5, 0.6) is 0 Å². The van der Waals surface area contributed by atoms with Gasteiger partial charge in [0.2, 0.25) is 5.91 Å². The lowest BCUT2D eigenvalue weighted by Gasteiger charge is -2.39. The Hall–Kier alpha value is -1.23. The summed E-state index contributed by atoms with van der Waals surface area (Å²) in [5, 5.41) is 22.5. The topological polar surface area (TPSA) is 133 Å². The number of nitrogens with one attached hydrogen (secondary N) is 1. The minimum absolute atomic E-state index is 0.0751. The van der Waals surface area contributed by atoms with Crippen LogP contribution in [0.2, 0.25) is 0 Å². The number of hydrogen-bond acceptors (Lipinski definition) is 7. The van der Waals surface area contributed by atoms with Gasteiger partial charge in [0.25, 0.3) is 10.1 Å². The third-order valence-corrected chi connectivity index (χ3v) is 5.20. The highest BCUT2D eigenvalue weighted by molar-refractivity contribution is 7.86. The van der Waals surface area contributed by atoms with E-state index in [2.05, 4.69) is 5.32 Å². The van der Waals surface area contributed by atoms with Crippen molar-refractivity contribution < 1.29 is 32.4 Å². The Morgan fingerprint density at radius 2 is 1.80 bits per heavy atom. The molecule has 10 heteroatoms. The van der Waals surface area contributed by atoms with E-state index in [1.807, 2.05) is 0 Å². The molecule has 0 saturated carbocycles. The van der Waals surface area contributed by atoms with E-state index in [1.165, 1.54) is 20.8 Å². The van der Waals surface area contributed by atoms with Crippen LogP contribution < -0.4 is 5.32 Å². The molecule has 0 aliphatic rings. The average molecular weight is 382 g/mol. The third-order valence-electron chi connectivity index (χ3n) is 3.94. The SMILES string of the molecule is CC(=O)NCCCS(=O)(=O)OCC(C)(C)[C@](O)(CCN(C)C)C(=O)O. The number of carboxylic acid groups (broad SMARTS) is 1. The number of hydrogen-bond donors (Lipinski definition) is 3. The van der Waals surface area contributed by atoms with Crippen LogP contribution in [0.1, 0.15) is 33.6 Å². The number of aliphatic carboxylic acids is 1. The van der Waals surface area contributed by atoms with Gasteiger partial charge in [0.15, 0.2) is 5.60 Å². The molecule has 0 aliphatic heterocycles. The molecule has 0 rings (SSSR count). The molecule has 25 heavy (non-hydrogen) atoms. The molecular weight excluding hydrogens is 352 g/mol. The molecule has 0 unspecified atom stereocenters. The fraction of sp³-hybridized carbons (Fsp3) is 0.867. The first kappa shape index (κ1) is 23.8. The zero-order valence-corrected chi connectivity index (χ0v) is 16.4. The van der Waals surface area contributed by atoms with E-state index in [4.69, 9.17) is 4.18 Å². The standard InChI is InChI=1S/C15H30N2O7S/c1-12(18)16-8-6-10-25(22,23)24-11-14(2,3)15(21,13(19)20)7-9-17(4)5/h21H,6-11H2,1-5H3,(H,16,18)(H,19,20)/t15-/m0/s1. The first-order valence-electron chi connectivity index (χ1n) is 7.95. The van der Waals surface area contributed by atoms with Crippen LogP contribution in [0, 0.1) is 5.41 Å². The lowest BCUT2D eigenvalue weighted by Crippen LogP contribution is -2.55. The van der Waals surface area contributed by atoms with Crippen LogP contribution in [0.4, 0.5) is 0 Å². The van der Waals surface area contributed by atoms with E-state index < -0.39 is 33.7 Å². The number of amides is 1. The average Bonchev–Trinajstić information content (AvgIpc) is 2.47. The first-order valence-corrected chi connectivity index (χ1v) is 9.53. The molecule has 0 aromatic heterocycles. The highest BCUT2D eigenvalue weighted by Gasteiger charge is 2.50. The van der Waals surface area contributed by atoms with E-state index in [0.29, 0.717) is 6.54 Å². The highest BCUT2D eigenvalue weighted by Crippen LogP contribution is 2.35. The lowest BCUT2D eigenvalue weighted by atomic mass is 9.73. The van der Waals surface area contributed by atoms with E-state index in [0.717, 1.165) is 0 Å². The van der Waals surface area contributed by atoms with Gasteiger partial charge in [0, 0.05) is 31.8 Å². The summed E-state index contributed by atoms with van der Waals surface area (Å²) in [4.78, 5) is 24.0. The summed E-state index contributed by atoms with van der Waals surface area (Å²) < 4.78 is 28.8. The van der Waals surface area contributed by atoms with Crippen molar-refractivity contribution in [3.8, 4) is 0 Å². The van der Waals surface area contributed by atoms with Gasteiger partial charge in [-0.25, -0.2) is 4.79 Å². The molecule has 0 aliphatic carbocycles. The second kappa shape index (κ2) is 9.46. The molecule has 0 aromatic carbocycles. The number of aliphatic hydroxyl groups is 1. The summed E-state index contributed by atoms with van der Waals surface area (Å²) >= 11 is 0. The Bertz CT molecular complexity index is 560. The molecule has 0 fully saturated rings. The van der Waals surface area contributed by atoms with Gasteiger partial charge in [0.1, 0.15) is 0 Å². The zero-order valence-electron chi connectivity index (χ0n) is 15.5. The number of carbonyl (C=O) groups is 2. The molecule has 148 valence electrons. The molecule has 9 nitrogen and oxygen atoms in total. The van der Waals surface area contributed by atoms with Gasteiger partial charge >= 0.3 is 5.97 Å². The van der Waals surface area contributed by atoms with Gasteiger partial charge in [0.05, 0.1) is 12.4 Å². The van der Waals surface area contributed by atoms with E-state index >= 15 is 0 Å². The fourth-order valence-electron chi connectivity index (χ4n) is 2.05. The largest absolute Gasteiger partial charge is 0.479 e. The predicted molar refractivity (Wildman–Crippen MR) is 92.6 cm³/mol. The van der Waals surface area contributed by atoms with Crippen molar-refractivity contribution >= 4 is 22.0 Å². The lowest BCUT2D eigenvalue weighted by molar-refractivity contribution is -0.177. The molecule has 3 N–H and O–H groups in total. The molecule has 1 amide bonds. The van der Waals surface area contributed by atoms with Gasteiger partial charge in [-0.15, -0.1) is 0 Å². The van der Waals surface area contributed by atoms with Gasteiger partial charge in [-0.2, -0.15) is 8.42 Å². The molecular formula is C15H30N2O7S. The maximum atomic E-state index is 11.9. The molecule has 0 bridgehead atoms. The summed E-state index contributed by atoms with van der Waals surface area (Å²) in [5.41, 5.74) is -3.47. The van der Waals surface area contributed by atoms with Crippen LogP contribution >= 0.6 is 0 Å². The minimum Gasteiger partial charge on any atom is -0.479 e. The van der Waals surface area contributed by atoms with E-state index in [9.17, 15) is 28.2 Å². The smallest absolute Gasteiger partial charge is 0.336 e. The summed E-state index contributed by atoms with van der Waals surface area (Å²) in [6.45, 7) is 4.27. The first-order chi connectivity index (χ1) is 11.2. The van der Waals surface area contributed by atoms with Gasteiger partial charge in [-0.1, -0.05) is 13.8 Å². The van der Waals surface area contributed by atoms with Crippen LogP contribution in [0.25, 0.3) is 0 Å². The summed E-state index contributed by atoms with van der Waals surface area (Å²) in [7, 11) is -0.413. The maximum Gasteiger partial charge on any atom is 0.336 e. The molecule has 0 aromatic rings. The molecule has 0 spiro atoms. The normalized spacial score (nSPS) is 15.0. The van der Waals surface area contributed by atoms with Crippen LogP contribution in [0.15, 0.2) is 0 Å². The van der Waals surface area contributed by atoms with Crippen LogP contribution in [-0.4, -0.2) is 80.6 Å². The molecule has 0 heterocycles. The van der Waals surface area contributed by atoms with Crippen LogP contribution in [-0.2, 0) is 23.9 Å². The summed E-state index contributed by atoms with van der Waals surface area (Å²) in [6, 6.07) is 0. The van der Waals surface area contributed by atoms with Crippen molar-refractivity contribution in [2.24, 2.45) is 5.41 Å². The summed E-state index contributed by atoms with van der Waals surface area (Å²) in [5.74, 6) is -2.00. The fourth-order valence-corrected chi connectivity index (χ4v) is 3.14. The quantitative estimate of drug-likeness (QED) is 0.308. The monoisotopic (exact) mass is 382 g/mol. The van der Waals surface area contributed by atoms with Crippen molar-refractivity contribution in [1.29, 1.82) is 0 Å². The Morgan fingerprint density at radius 3 is 2.24 bits per heavy atom. The number of rotatable bonds is 12. The second-order valence-corrected chi connectivity index (χ2v) is 8.72. The maximum absolute atomic E-state index is 11.9. The van der Waals surface area contributed by atoms with Crippen molar-refractivity contribution in [1.82, 2.24) is 10.2 Å². The van der Waals surface area contributed by atoms with Gasteiger partial charge in [-0.3, -0.25) is 8.98 Å². The Kier molecular flexibility index (Phi) is 9.00. The number of carboxylic acids is 1. The molecule has 0 radical (unpaired) electrons. The van der Waals surface area contributed by atoms with Crippen molar-refractivity contribution in [3.63, 3.8) is 0 Å². The predicted octanol–water partition coefficient (Wildman–Crippen LogP) is -0.347. The highest BCUT2D eigenvalue weighted by atomic mass is 32.2. The van der Waals surface area contributed by atoms with Crippen LogP contribution in [0.3, 0.4) is 0 Å². The molecule has 1 atom stereocenters. The summed E-state index contributed by atoms with van der Waals surface area (Å²) in [6.07, 6.45) is 0.0977. The van der Waals surface area contributed by atoms with Gasteiger partial charge in [-0.05, 0) is 20.5 Å². The Labute approximate surface area is 149 Å². The van der Waals surface area contributed by atoms with Crippen molar-refractivity contribution in [3.05, 3.63) is 0 Å². The number of nitrogens with zero attached hydrogens (tertiary/aromatic N) is 1. The van der Waals surface area contributed by atoms with E-state index in [-0.39, 0.29) is 31.0 Å². The Balaban J connectivity index is 4.85. The third kappa shape index (κ3) is 8.13. The Morgan fingerprint density at radius 1 is 1.24 bits per heavy atom. The van der Waals surface area contributed by atoms with Gasteiger partial charge < -0.3 is 20.4 Å².